The van der Waals surface area contributed by atoms with E-state index in [9.17, 15) is 4.79 Å². The Balaban J connectivity index is 2.39. The van der Waals surface area contributed by atoms with Gasteiger partial charge in [-0.15, -0.1) is 0 Å². The zero-order chi connectivity index (χ0) is 11.8. The van der Waals surface area contributed by atoms with Crippen molar-refractivity contribution in [3.8, 4) is 5.75 Å². The minimum Gasteiger partial charge on any atom is -0.496 e. The van der Waals surface area contributed by atoms with Crippen LogP contribution in [-0.4, -0.2) is 12.9 Å². The molecule has 0 aromatic heterocycles. The summed E-state index contributed by atoms with van der Waals surface area (Å²) >= 11 is 0. The molecule has 0 saturated carbocycles. The van der Waals surface area contributed by atoms with Gasteiger partial charge in [0.15, 0.2) is 0 Å². The van der Waals surface area contributed by atoms with Crippen LogP contribution in [0.15, 0.2) is 24.3 Å². The highest BCUT2D eigenvalue weighted by molar-refractivity contribution is 5.78. The summed E-state index contributed by atoms with van der Waals surface area (Å²) in [7, 11) is 1.68. The molecule has 0 N–H and O–H groups in total. The largest absolute Gasteiger partial charge is 0.496 e. The highest BCUT2D eigenvalue weighted by Gasteiger charge is 2.04. The molecule has 0 fully saturated rings. The topological polar surface area (TPSA) is 26.3 Å². The molecule has 0 bridgehead atoms. The number of carbonyl (C=O) groups is 1. The van der Waals surface area contributed by atoms with Gasteiger partial charge in [0, 0.05) is 12.8 Å². The summed E-state index contributed by atoms with van der Waals surface area (Å²) in [6.45, 7) is 2.04. The molecule has 1 aromatic carbocycles. The van der Waals surface area contributed by atoms with E-state index in [0.29, 0.717) is 18.6 Å². The molecule has 16 heavy (non-hydrogen) atoms. The minimum absolute atomic E-state index is 0.373. The maximum Gasteiger partial charge on any atom is 0.132 e. The predicted octanol–water partition coefficient (Wildman–Crippen LogP) is 3.39. The van der Waals surface area contributed by atoms with Crippen LogP contribution in [-0.2, 0) is 11.2 Å². The number of hydrogen-bond acceptors (Lipinski definition) is 2. The van der Waals surface area contributed by atoms with Gasteiger partial charge in [0.1, 0.15) is 11.5 Å². The molecule has 0 aliphatic carbocycles. The Morgan fingerprint density at radius 2 is 2.00 bits per heavy atom. The number of para-hydroxylation sites is 1. The summed E-state index contributed by atoms with van der Waals surface area (Å²) in [5, 5.41) is 0. The lowest BCUT2D eigenvalue weighted by molar-refractivity contribution is -0.119. The van der Waals surface area contributed by atoms with Crippen LogP contribution in [0.5, 0.6) is 5.75 Å². The fourth-order valence-corrected chi connectivity index (χ4v) is 1.79. The minimum atomic E-state index is 0.373. The summed E-state index contributed by atoms with van der Waals surface area (Å²) in [6.07, 6.45) is 4.18. The Labute approximate surface area is 97.6 Å². The summed E-state index contributed by atoms with van der Waals surface area (Å²) < 4.78 is 5.27. The second-order valence-corrected chi connectivity index (χ2v) is 3.95. The van der Waals surface area contributed by atoms with Crippen LogP contribution in [0.25, 0.3) is 0 Å². The fourth-order valence-electron chi connectivity index (χ4n) is 1.79. The average molecular weight is 220 g/mol. The quantitative estimate of drug-likeness (QED) is 0.704. The molecule has 1 aromatic rings. The molecule has 88 valence electrons. The van der Waals surface area contributed by atoms with Gasteiger partial charge in [0.25, 0.3) is 0 Å². The standard InChI is InChI=1S/C14H20O2/c1-3-7-13(15)10-6-9-12-8-4-5-11-14(12)16-2/h4-5,8,11H,3,6-7,9-10H2,1-2H3. The molecule has 0 amide bonds. The van der Waals surface area contributed by atoms with Crippen LogP contribution in [0, 0.1) is 0 Å². The van der Waals surface area contributed by atoms with Crippen LogP contribution in [0.1, 0.15) is 38.2 Å². The van der Waals surface area contributed by atoms with E-state index in [2.05, 4.69) is 6.07 Å². The maximum atomic E-state index is 11.4. The first-order valence-corrected chi connectivity index (χ1v) is 5.91. The molecule has 0 atom stereocenters. The van der Waals surface area contributed by atoms with Gasteiger partial charge in [-0.1, -0.05) is 25.1 Å². The van der Waals surface area contributed by atoms with Crippen molar-refractivity contribution in [1.29, 1.82) is 0 Å². The number of aryl methyl sites for hydroxylation is 1. The van der Waals surface area contributed by atoms with Gasteiger partial charge in [-0.25, -0.2) is 0 Å². The Morgan fingerprint density at radius 3 is 2.69 bits per heavy atom. The van der Waals surface area contributed by atoms with Crippen molar-refractivity contribution >= 4 is 5.78 Å². The van der Waals surface area contributed by atoms with Crippen LogP contribution in [0.3, 0.4) is 0 Å². The zero-order valence-corrected chi connectivity index (χ0v) is 10.2. The van der Waals surface area contributed by atoms with Crippen molar-refractivity contribution < 1.29 is 9.53 Å². The van der Waals surface area contributed by atoms with E-state index >= 15 is 0 Å². The number of benzene rings is 1. The highest BCUT2D eigenvalue weighted by Crippen LogP contribution is 2.19. The Kier molecular flexibility index (Phi) is 5.62. The Hall–Kier alpha value is -1.31. The molecule has 0 radical (unpaired) electrons. The smallest absolute Gasteiger partial charge is 0.132 e. The van der Waals surface area contributed by atoms with Gasteiger partial charge in [-0.2, -0.15) is 0 Å². The van der Waals surface area contributed by atoms with E-state index in [0.717, 1.165) is 25.0 Å². The van der Waals surface area contributed by atoms with Crippen LogP contribution >= 0.6 is 0 Å². The molecule has 0 saturated heterocycles. The molecule has 2 heteroatoms. The number of ketones is 1. The van der Waals surface area contributed by atoms with Crippen LogP contribution in [0.2, 0.25) is 0 Å². The Morgan fingerprint density at radius 1 is 1.25 bits per heavy atom. The lowest BCUT2D eigenvalue weighted by Gasteiger charge is -2.07. The van der Waals surface area contributed by atoms with Crippen molar-refractivity contribution in [2.75, 3.05) is 7.11 Å². The number of methoxy groups -OCH3 is 1. The summed E-state index contributed by atoms with van der Waals surface area (Å²) in [6, 6.07) is 7.99. The van der Waals surface area contributed by atoms with Crippen molar-refractivity contribution in [2.24, 2.45) is 0 Å². The van der Waals surface area contributed by atoms with E-state index in [1.807, 2.05) is 25.1 Å². The van der Waals surface area contributed by atoms with Gasteiger partial charge < -0.3 is 4.74 Å². The van der Waals surface area contributed by atoms with Crippen molar-refractivity contribution in [3.05, 3.63) is 29.8 Å². The van der Waals surface area contributed by atoms with E-state index in [1.165, 1.54) is 5.56 Å². The zero-order valence-electron chi connectivity index (χ0n) is 10.2. The molecule has 2 nitrogen and oxygen atoms in total. The normalized spacial score (nSPS) is 10.1. The van der Waals surface area contributed by atoms with Gasteiger partial charge in [-0.05, 0) is 30.9 Å². The third-order valence-electron chi connectivity index (χ3n) is 2.62. The molecule has 0 aliphatic heterocycles. The number of Topliss-reactive ketones (excluding diaryl/α,β-unsaturated/α-hetero) is 1. The molecule has 0 heterocycles. The second kappa shape index (κ2) is 7.04. The summed E-state index contributed by atoms with van der Waals surface area (Å²) in [5.74, 6) is 1.29. The van der Waals surface area contributed by atoms with Crippen molar-refractivity contribution in [1.82, 2.24) is 0 Å². The summed E-state index contributed by atoms with van der Waals surface area (Å²) in [5.41, 5.74) is 1.19. The van der Waals surface area contributed by atoms with Gasteiger partial charge >= 0.3 is 0 Å². The maximum absolute atomic E-state index is 11.4. The Bertz CT molecular complexity index is 331. The molecule has 0 unspecified atom stereocenters. The van der Waals surface area contributed by atoms with Crippen LogP contribution < -0.4 is 4.74 Å². The van der Waals surface area contributed by atoms with Gasteiger partial charge in [0.05, 0.1) is 7.11 Å². The number of ether oxygens (including phenoxy) is 1. The monoisotopic (exact) mass is 220 g/mol. The average Bonchev–Trinajstić information content (AvgIpc) is 2.30. The van der Waals surface area contributed by atoms with Crippen molar-refractivity contribution in [3.63, 3.8) is 0 Å². The first-order chi connectivity index (χ1) is 7.77. The fraction of sp³-hybridized carbons (Fsp3) is 0.500. The predicted molar refractivity (Wildman–Crippen MR) is 65.8 cm³/mol. The lowest BCUT2D eigenvalue weighted by atomic mass is 10.0. The third kappa shape index (κ3) is 4.05. The second-order valence-electron chi connectivity index (χ2n) is 3.95. The van der Waals surface area contributed by atoms with E-state index in [1.54, 1.807) is 7.11 Å². The number of carbonyl (C=O) groups excluding carboxylic acids is 1. The third-order valence-corrected chi connectivity index (χ3v) is 2.62. The molecular formula is C14H20O2. The first-order valence-electron chi connectivity index (χ1n) is 5.91. The van der Waals surface area contributed by atoms with E-state index in [-0.39, 0.29) is 0 Å². The molecular weight excluding hydrogens is 200 g/mol. The van der Waals surface area contributed by atoms with Crippen LogP contribution in [0.4, 0.5) is 0 Å². The SMILES string of the molecule is CCCC(=O)CCCc1ccccc1OC. The van der Waals surface area contributed by atoms with E-state index < -0.39 is 0 Å². The highest BCUT2D eigenvalue weighted by atomic mass is 16.5. The number of hydrogen-bond donors (Lipinski definition) is 0. The number of rotatable bonds is 7. The summed E-state index contributed by atoms with van der Waals surface area (Å²) in [4.78, 5) is 11.4. The van der Waals surface area contributed by atoms with Crippen molar-refractivity contribution in [2.45, 2.75) is 39.0 Å². The first kappa shape index (κ1) is 12.8. The lowest BCUT2D eigenvalue weighted by Crippen LogP contribution is -1.99. The molecule has 0 aliphatic rings. The van der Waals surface area contributed by atoms with Gasteiger partial charge in [0.2, 0.25) is 0 Å². The van der Waals surface area contributed by atoms with E-state index in [4.69, 9.17) is 4.74 Å². The molecule has 1 rings (SSSR count). The van der Waals surface area contributed by atoms with Gasteiger partial charge in [-0.3, -0.25) is 4.79 Å². The molecule has 0 spiro atoms.